The van der Waals surface area contributed by atoms with Gasteiger partial charge in [-0.15, -0.1) is 0 Å². The van der Waals surface area contributed by atoms with Crippen molar-refractivity contribution < 1.29 is 13.2 Å². The highest BCUT2D eigenvalue weighted by molar-refractivity contribution is 7.90. The zero-order chi connectivity index (χ0) is 22.8. The molecule has 0 radical (unpaired) electrons. The number of carbonyl (C=O) groups excluding carboxylic acids is 1. The molecular formula is C21H21N5O3S2. The minimum absolute atomic E-state index is 0.00826. The molecule has 0 bridgehead atoms. The summed E-state index contributed by atoms with van der Waals surface area (Å²) in [6.45, 7) is 5.99. The van der Waals surface area contributed by atoms with E-state index in [1.807, 2.05) is 44.2 Å². The molecule has 0 spiro atoms. The summed E-state index contributed by atoms with van der Waals surface area (Å²) in [5.74, 6) is -0.683. The molecule has 0 aliphatic heterocycles. The van der Waals surface area contributed by atoms with Crippen molar-refractivity contribution in [3.63, 3.8) is 0 Å². The Morgan fingerprint density at radius 3 is 2.65 bits per heavy atom. The maximum Gasteiger partial charge on any atom is 0.268 e. The van der Waals surface area contributed by atoms with Gasteiger partial charge in [0.25, 0.3) is 11.1 Å². The summed E-state index contributed by atoms with van der Waals surface area (Å²) in [7, 11) is -3.58. The van der Waals surface area contributed by atoms with Crippen molar-refractivity contribution in [1.82, 2.24) is 13.9 Å². The van der Waals surface area contributed by atoms with E-state index in [1.54, 1.807) is 0 Å². The number of rotatable bonds is 6. The molecule has 10 heteroatoms. The lowest BCUT2D eigenvalue weighted by Gasteiger charge is -2.14. The number of nitriles is 1. The lowest BCUT2D eigenvalue weighted by Crippen LogP contribution is -2.13. The Bertz CT molecular complexity index is 1330. The topological polar surface area (TPSA) is 118 Å². The quantitative estimate of drug-likeness (QED) is 0.449. The number of carbonyl (C=O) groups is 1. The number of nitrogens with zero attached hydrogens (tertiary/aromatic N) is 4. The van der Waals surface area contributed by atoms with Crippen LogP contribution >= 0.6 is 11.5 Å². The lowest BCUT2D eigenvalue weighted by atomic mass is 10.1. The summed E-state index contributed by atoms with van der Waals surface area (Å²) in [5, 5.41) is 11.6. The molecule has 2 aromatic heterocycles. The maximum atomic E-state index is 12.6. The van der Waals surface area contributed by atoms with Gasteiger partial charge in [-0.2, -0.15) is 14.6 Å². The number of nitrogens with one attached hydrogen (secondary N) is 1. The molecule has 0 aliphatic rings. The number of aromatic nitrogens is 3. The molecule has 1 N–H and O–H groups in total. The van der Waals surface area contributed by atoms with Crippen LogP contribution in [0.2, 0.25) is 0 Å². The van der Waals surface area contributed by atoms with E-state index in [0.717, 1.165) is 46.8 Å². The number of hydrogen-bond donors (Lipinski definition) is 1. The number of benzene rings is 1. The number of anilines is 1. The largest absolute Gasteiger partial charge is 0.318 e. The maximum absolute atomic E-state index is 12.6. The molecule has 0 saturated heterocycles. The molecule has 1 aromatic carbocycles. The monoisotopic (exact) mass is 455 g/mol. The van der Waals surface area contributed by atoms with Gasteiger partial charge in [-0.3, -0.25) is 10.1 Å². The SMILES string of the molecule is CCc1ccccc1-n1c(C)cc(/C=C(/C#N)C(=O)Nc2nc(S(C)(=O)=O)ns2)c1C. The number of hydrogen-bond acceptors (Lipinski definition) is 7. The lowest BCUT2D eigenvalue weighted by molar-refractivity contribution is -0.112. The molecular weight excluding hydrogens is 434 g/mol. The highest BCUT2D eigenvalue weighted by Crippen LogP contribution is 2.25. The van der Waals surface area contributed by atoms with Crippen LogP contribution in [0.4, 0.5) is 5.13 Å². The van der Waals surface area contributed by atoms with Crippen LogP contribution in [-0.2, 0) is 21.1 Å². The second-order valence-corrected chi connectivity index (χ2v) is 9.58. The van der Waals surface area contributed by atoms with Crippen molar-refractivity contribution in [2.45, 2.75) is 32.3 Å². The number of aryl methyl sites for hydroxylation is 2. The molecule has 1 amide bonds. The molecule has 0 fully saturated rings. The van der Waals surface area contributed by atoms with Crippen molar-refractivity contribution in [3.8, 4) is 11.8 Å². The van der Waals surface area contributed by atoms with E-state index in [2.05, 4.69) is 32.2 Å². The third kappa shape index (κ3) is 4.73. The Kier molecular flexibility index (Phi) is 6.38. The second kappa shape index (κ2) is 8.83. The summed E-state index contributed by atoms with van der Waals surface area (Å²) < 4.78 is 28.8. The van der Waals surface area contributed by atoms with E-state index in [4.69, 9.17) is 0 Å². The van der Waals surface area contributed by atoms with Gasteiger partial charge in [-0.1, -0.05) is 25.1 Å². The molecule has 3 aromatic rings. The van der Waals surface area contributed by atoms with Crippen molar-refractivity contribution in [3.05, 3.63) is 58.4 Å². The van der Waals surface area contributed by atoms with Crippen LogP contribution in [0, 0.1) is 25.2 Å². The molecule has 31 heavy (non-hydrogen) atoms. The summed E-state index contributed by atoms with van der Waals surface area (Å²) in [6, 6.07) is 11.9. The van der Waals surface area contributed by atoms with Crippen LogP contribution in [0.3, 0.4) is 0 Å². The fraction of sp³-hybridized carbons (Fsp3) is 0.238. The smallest absolute Gasteiger partial charge is 0.268 e. The van der Waals surface area contributed by atoms with Crippen LogP contribution in [0.15, 0.2) is 41.1 Å². The highest BCUT2D eigenvalue weighted by Gasteiger charge is 2.18. The van der Waals surface area contributed by atoms with E-state index in [0.29, 0.717) is 0 Å². The molecule has 0 unspecified atom stereocenters. The van der Waals surface area contributed by atoms with E-state index in [9.17, 15) is 18.5 Å². The number of para-hydroxylation sites is 1. The molecule has 3 rings (SSSR count). The average molecular weight is 456 g/mol. The average Bonchev–Trinajstić information content (AvgIpc) is 3.30. The van der Waals surface area contributed by atoms with Crippen LogP contribution in [0.5, 0.6) is 0 Å². The Labute approximate surface area is 185 Å². The molecule has 0 saturated carbocycles. The third-order valence-corrected chi connectivity index (χ3v) is 6.30. The minimum Gasteiger partial charge on any atom is -0.318 e. The number of sulfone groups is 1. The first-order valence-corrected chi connectivity index (χ1v) is 12.1. The van der Waals surface area contributed by atoms with Gasteiger partial charge < -0.3 is 4.57 Å². The molecule has 160 valence electrons. The van der Waals surface area contributed by atoms with E-state index in [1.165, 1.54) is 11.6 Å². The van der Waals surface area contributed by atoms with Gasteiger partial charge in [-0.05, 0) is 49.6 Å². The van der Waals surface area contributed by atoms with Gasteiger partial charge in [0.15, 0.2) is 0 Å². The van der Waals surface area contributed by atoms with Crippen molar-refractivity contribution in [1.29, 1.82) is 5.26 Å². The highest BCUT2D eigenvalue weighted by atomic mass is 32.2. The van der Waals surface area contributed by atoms with Crippen LogP contribution in [-0.4, -0.2) is 34.5 Å². The van der Waals surface area contributed by atoms with Gasteiger partial charge in [0.05, 0.1) is 0 Å². The van der Waals surface area contributed by atoms with E-state index in [-0.39, 0.29) is 15.9 Å². The Balaban J connectivity index is 1.94. The summed E-state index contributed by atoms with van der Waals surface area (Å²) in [4.78, 5) is 16.3. The van der Waals surface area contributed by atoms with Crippen molar-refractivity contribution in [2.24, 2.45) is 0 Å². The van der Waals surface area contributed by atoms with E-state index >= 15 is 0 Å². The van der Waals surface area contributed by atoms with Crippen LogP contribution < -0.4 is 5.32 Å². The normalized spacial score (nSPS) is 11.9. The first-order chi connectivity index (χ1) is 14.7. The Morgan fingerprint density at radius 2 is 2.03 bits per heavy atom. The van der Waals surface area contributed by atoms with Crippen molar-refractivity contribution in [2.75, 3.05) is 11.6 Å². The second-order valence-electron chi connectivity index (χ2n) is 6.92. The third-order valence-electron chi connectivity index (χ3n) is 4.71. The zero-order valence-corrected chi connectivity index (χ0v) is 19.1. The Morgan fingerprint density at radius 1 is 1.32 bits per heavy atom. The van der Waals surface area contributed by atoms with E-state index < -0.39 is 15.7 Å². The predicted molar refractivity (Wildman–Crippen MR) is 120 cm³/mol. The van der Waals surface area contributed by atoms with Gasteiger partial charge in [0.1, 0.15) is 11.6 Å². The molecule has 2 heterocycles. The van der Waals surface area contributed by atoms with Crippen molar-refractivity contribution >= 4 is 38.5 Å². The van der Waals surface area contributed by atoms with Crippen LogP contribution in [0.1, 0.15) is 29.4 Å². The zero-order valence-electron chi connectivity index (χ0n) is 17.5. The van der Waals surface area contributed by atoms with Crippen LogP contribution in [0.25, 0.3) is 11.8 Å². The summed E-state index contributed by atoms with van der Waals surface area (Å²) in [6.07, 6.45) is 3.37. The molecule has 8 nitrogen and oxygen atoms in total. The van der Waals surface area contributed by atoms with Gasteiger partial charge in [-0.25, -0.2) is 8.42 Å². The minimum atomic E-state index is -3.58. The molecule has 0 aliphatic carbocycles. The standard InChI is InChI=1S/C21H21N5O3S2/c1-5-15-8-6-7-9-18(15)26-13(2)10-16(14(26)3)11-17(12-22)19(27)23-20-24-21(25-30-20)31(4,28)29/h6-11H,5H2,1-4H3,(H,23,24,25,27)/b17-11-. The first-order valence-electron chi connectivity index (χ1n) is 9.39. The van der Waals surface area contributed by atoms with Gasteiger partial charge in [0.2, 0.25) is 15.0 Å². The fourth-order valence-corrected chi connectivity index (χ4v) is 4.65. The predicted octanol–water partition coefficient (Wildman–Crippen LogP) is 3.46. The fourth-order valence-electron chi connectivity index (χ4n) is 3.21. The molecule has 0 atom stereocenters. The summed E-state index contributed by atoms with van der Waals surface area (Å²) in [5.41, 5.74) is 4.74. The van der Waals surface area contributed by atoms with Gasteiger partial charge >= 0.3 is 0 Å². The van der Waals surface area contributed by atoms with Gasteiger partial charge in [0, 0.05) is 34.9 Å². The number of amides is 1. The first kappa shape index (κ1) is 22.4. The summed E-state index contributed by atoms with van der Waals surface area (Å²) >= 11 is 0.737. The Hall–Kier alpha value is -3.29.